The maximum absolute atomic E-state index is 11.5. The molecule has 1 unspecified atom stereocenters. The fourth-order valence-corrected chi connectivity index (χ4v) is 3.38. The third kappa shape index (κ3) is 4.03. The molecule has 2 N–H and O–H groups in total. The van der Waals surface area contributed by atoms with Crippen LogP contribution in [-0.2, 0) is 6.54 Å². The highest BCUT2D eigenvalue weighted by atomic mass is 16.1. The number of aromatic amines is 1. The number of aromatic nitrogens is 4. The van der Waals surface area contributed by atoms with Gasteiger partial charge in [0.05, 0.1) is 0 Å². The Labute approximate surface area is 142 Å². The zero-order chi connectivity index (χ0) is 16.9. The number of likely N-dealkylation sites (tertiary alicyclic amines) is 1. The van der Waals surface area contributed by atoms with E-state index in [0.29, 0.717) is 24.1 Å². The summed E-state index contributed by atoms with van der Waals surface area (Å²) >= 11 is 0. The van der Waals surface area contributed by atoms with Gasteiger partial charge in [0.1, 0.15) is 5.82 Å². The Morgan fingerprint density at radius 1 is 1.46 bits per heavy atom. The summed E-state index contributed by atoms with van der Waals surface area (Å²) in [5.41, 5.74) is 0.585. The van der Waals surface area contributed by atoms with Crippen molar-refractivity contribution in [3.8, 4) is 0 Å². The van der Waals surface area contributed by atoms with Gasteiger partial charge < -0.3 is 14.8 Å². The third-order valence-electron chi connectivity index (χ3n) is 4.58. The maximum atomic E-state index is 11.5. The number of rotatable bonds is 6. The van der Waals surface area contributed by atoms with Gasteiger partial charge >= 0.3 is 0 Å². The summed E-state index contributed by atoms with van der Waals surface area (Å²) in [7, 11) is 0. The minimum absolute atomic E-state index is 0.129. The van der Waals surface area contributed by atoms with Gasteiger partial charge in [-0.3, -0.25) is 9.78 Å². The van der Waals surface area contributed by atoms with Crippen molar-refractivity contribution in [2.24, 2.45) is 0 Å². The van der Waals surface area contributed by atoms with Crippen LogP contribution in [0, 0.1) is 6.92 Å². The predicted molar refractivity (Wildman–Crippen MR) is 94.4 cm³/mol. The Balaban J connectivity index is 1.60. The molecule has 2 aromatic rings. The van der Waals surface area contributed by atoms with Crippen LogP contribution in [0.25, 0.3) is 0 Å². The van der Waals surface area contributed by atoms with Gasteiger partial charge in [0, 0.05) is 49.7 Å². The van der Waals surface area contributed by atoms with E-state index in [1.807, 2.05) is 19.3 Å². The minimum Gasteiger partial charge on any atom is -0.354 e. The summed E-state index contributed by atoms with van der Waals surface area (Å²) < 4.78 is 2.21. The first-order chi connectivity index (χ1) is 11.7. The zero-order valence-corrected chi connectivity index (χ0v) is 14.5. The monoisotopic (exact) mass is 330 g/mol. The molecule has 0 radical (unpaired) electrons. The Morgan fingerprint density at radius 2 is 2.33 bits per heavy atom. The van der Waals surface area contributed by atoms with Crippen LogP contribution in [0.2, 0.25) is 0 Å². The van der Waals surface area contributed by atoms with Crippen molar-refractivity contribution in [1.82, 2.24) is 24.4 Å². The van der Waals surface area contributed by atoms with Crippen molar-refractivity contribution in [3.63, 3.8) is 0 Å². The molecule has 2 aromatic heterocycles. The standard InChI is InChI=1S/C17H26N6O/c1-3-22-8-4-5-14(12-22)16-18-6-9-23(16)10-7-19-17-20-13(2)11-15(24)21-17/h6,9,11,14H,3-5,7-8,10,12H2,1-2H3,(H2,19,20,21,24). The van der Waals surface area contributed by atoms with Gasteiger partial charge in [-0.2, -0.15) is 0 Å². The molecular formula is C17H26N6O. The van der Waals surface area contributed by atoms with Gasteiger partial charge in [-0.25, -0.2) is 9.97 Å². The summed E-state index contributed by atoms with van der Waals surface area (Å²) in [4.78, 5) is 25.6. The normalized spacial score (nSPS) is 18.7. The van der Waals surface area contributed by atoms with E-state index in [0.717, 1.165) is 19.6 Å². The van der Waals surface area contributed by atoms with Crippen LogP contribution in [0.3, 0.4) is 0 Å². The number of aryl methyl sites for hydroxylation is 1. The van der Waals surface area contributed by atoms with E-state index in [9.17, 15) is 4.79 Å². The fourth-order valence-electron chi connectivity index (χ4n) is 3.38. The average Bonchev–Trinajstić information content (AvgIpc) is 3.02. The molecule has 0 aliphatic carbocycles. The van der Waals surface area contributed by atoms with Gasteiger partial charge in [0.2, 0.25) is 5.95 Å². The molecule has 0 aromatic carbocycles. The summed E-state index contributed by atoms with van der Waals surface area (Å²) in [6, 6.07) is 1.49. The van der Waals surface area contributed by atoms with E-state index in [1.54, 1.807) is 0 Å². The molecule has 24 heavy (non-hydrogen) atoms. The van der Waals surface area contributed by atoms with Crippen molar-refractivity contribution >= 4 is 5.95 Å². The quantitative estimate of drug-likeness (QED) is 0.841. The van der Waals surface area contributed by atoms with Crippen LogP contribution in [-0.4, -0.2) is 50.6 Å². The summed E-state index contributed by atoms with van der Waals surface area (Å²) in [5, 5.41) is 3.19. The Kier molecular flexibility index (Phi) is 5.30. The Bertz CT molecular complexity index is 722. The van der Waals surface area contributed by atoms with Crippen molar-refractivity contribution in [3.05, 3.63) is 40.3 Å². The number of hydrogen-bond acceptors (Lipinski definition) is 5. The smallest absolute Gasteiger partial charge is 0.252 e. The van der Waals surface area contributed by atoms with E-state index in [4.69, 9.17) is 0 Å². The first-order valence-corrected chi connectivity index (χ1v) is 8.71. The number of H-pyrrole nitrogens is 1. The molecule has 1 fully saturated rings. The molecule has 130 valence electrons. The van der Waals surface area contributed by atoms with Gasteiger partial charge in [-0.15, -0.1) is 0 Å². The molecule has 1 aliphatic heterocycles. The van der Waals surface area contributed by atoms with Crippen LogP contribution >= 0.6 is 0 Å². The second kappa shape index (κ2) is 7.61. The lowest BCUT2D eigenvalue weighted by atomic mass is 9.97. The number of likely N-dealkylation sites (N-methyl/N-ethyl adjacent to an activating group) is 1. The van der Waals surface area contributed by atoms with Crippen LogP contribution in [0.15, 0.2) is 23.3 Å². The Hall–Kier alpha value is -2.15. The molecule has 7 nitrogen and oxygen atoms in total. The number of nitrogens with zero attached hydrogens (tertiary/aromatic N) is 4. The summed E-state index contributed by atoms with van der Waals surface area (Å²) in [6.45, 7) is 8.92. The SMILES string of the molecule is CCN1CCCC(c2nccn2CCNc2nc(C)cc(=O)[nH]2)C1. The molecule has 7 heteroatoms. The fraction of sp³-hybridized carbons (Fsp3) is 0.588. The average molecular weight is 330 g/mol. The second-order valence-corrected chi connectivity index (χ2v) is 6.37. The van der Waals surface area contributed by atoms with Gasteiger partial charge in [-0.1, -0.05) is 6.92 Å². The Morgan fingerprint density at radius 3 is 3.12 bits per heavy atom. The largest absolute Gasteiger partial charge is 0.354 e. The topological polar surface area (TPSA) is 78.8 Å². The van der Waals surface area contributed by atoms with E-state index in [1.165, 1.54) is 31.3 Å². The van der Waals surface area contributed by atoms with Crippen molar-refractivity contribution < 1.29 is 0 Å². The number of anilines is 1. The van der Waals surface area contributed by atoms with Crippen molar-refractivity contribution in [1.29, 1.82) is 0 Å². The van der Waals surface area contributed by atoms with Crippen LogP contribution in [0.5, 0.6) is 0 Å². The van der Waals surface area contributed by atoms with Crippen LogP contribution in [0.4, 0.5) is 5.95 Å². The van der Waals surface area contributed by atoms with Gasteiger partial charge in [0.25, 0.3) is 5.56 Å². The van der Waals surface area contributed by atoms with Crippen molar-refractivity contribution in [2.45, 2.75) is 39.2 Å². The lowest BCUT2D eigenvalue weighted by Crippen LogP contribution is -2.35. The second-order valence-electron chi connectivity index (χ2n) is 6.37. The molecule has 1 aliphatic rings. The number of nitrogens with one attached hydrogen (secondary N) is 2. The zero-order valence-electron chi connectivity index (χ0n) is 14.5. The van der Waals surface area contributed by atoms with Gasteiger partial charge in [-0.05, 0) is 32.9 Å². The molecule has 3 heterocycles. The number of imidazole rings is 1. The van der Waals surface area contributed by atoms with E-state index >= 15 is 0 Å². The molecule has 1 atom stereocenters. The minimum atomic E-state index is -0.129. The molecule has 0 bridgehead atoms. The molecular weight excluding hydrogens is 304 g/mol. The molecule has 0 spiro atoms. The van der Waals surface area contributed by atoms with E-state index in [2.05, 4.69) is 36.7 Å². The lowest BCUT2D eigenvalue weighted by molar-refractivity contribution is 0.212. The van der Waals surface area contributed by atoms with Gasteiger partial charge in [0.15, 0.2) is 0 Å². The molecule has 3 rings (SSSR count). The summed E-state index contributed by atoms with van der Waals surface area (Å²) in [6.07, 6.45) is 6.35. The number of hydrogen-bond donors (Lipinski definition) is 2. The van der Waals surface area contributed by atoms with Crippen molar-refractivity contribution in [2.75, 3.05) is 31.5 Å². The number of piperidine rings is 1. The van der Waals surface area contributed by atoms with E-state index < -0.39 is 0 Å². The lowest BCUT2D eigenvalue weighted by Gasteiger charge is -2.31. The maximum Gasteiger partial charge on any atom is 0.252 e. The first-order valence-electron chi connectivity index (χ1n) is 8.71. The first kappa shape index (κ1) is 16.7. The molecule has 0 amide bonds. The third-order valence-corrected chi connectivity index (χ3v) is 4.58. The molecule has 1 saturated heterocycles. The van der Waals surface area contributed by atoms with Crippen LogP contribution < -0.4 is 10.9 Å². The summed E-state index contributed by atoms with van der Waals surface area (Å²) in [5.74, 6) is 2.20. The highest BCUT2D eigenvalue weighted by Crippen LogP contribution is 2.25. The highest BCUT2D eigenvalue weighted by Gasteiger charge is 2.23. The van der Waals surface area contributed by atoms with E-state index in [-0.39, 0.29) is 5.56 Å². The molecule has 0 saturated carbocycles. The van der Waals surface area contributed by atoms with Crippen LogP contribution in [0.1, 0.15) is 37.2 Å². The predicted octanol–water partition coefficient (Wildman–Crippen LogP) is 1.59. The highest BCUT2D eigenvalue weighted by molar-refractivity contribution is 5.24.